The number of carbonyl (C=O) groups excluding carboxylic acids is 1. The van der Waals surface area contributed by atoms with Crippen molar-refractivity contribution < 1.29 is 150 Å². The molecule has 13 rings (SSSR count). The molecule has 552 valence electrons. The first-order valence-corrected chi connectivity index (χ1v) is 37.1. The summed E-state index contributed by atoms with van der Waals surface area (Å²) in [7, 11) is -11.2. The van der Waals surface area contributed by atoms with Crippen LogP contribution in [0.1, 0.15) is 34.6 Å². The van der Waals surface area contributed by atoms with Crippen molar-refractivity contribution in [3.63, 3.8) is 0 Å². The quantitative estimate of drug-likeness (QED) is 0.0255. The van der Waals surface area contributed by atoms with Crippen LogP contribution in [0.5, 0.6) is 0 Å². The number of benzene rings is 12. The number of fused-ring (bicyclic) bond motifs is 3. The van der Waals surface area contributed by atoms with Crippen LogP contribution in [-0.2, 0) is 70.6 Å². The second-order valence-corrected chi connectivity index (χ2v) is 30.1. The number of hydrogen-bond donors (Lipinski definition) is 0. The summed E-state index contributed by atoms with van der Waals surface area (Å²) in [5.41, 5.74) is 0.866. The smallest absolute Gasteiger partial charge is 0.311 e. The Morgan fingerprint density at radius 1 is 0.381 bits per heavy atom. The predicted octanol–water partition coefficient (Wildman–Crippen LogP) is 8.48. The van der Waals surface area contributed by atoms with Gasteiger partial charge in [-0.05, 0) is 102 Å². The minimum absolute atomic E-state index is 0. The number of Topliss-reactive ketones (excluding diaryl/α,β-unsaturated/α-hetero) is 1. The Morgan fingerprint density at radius 3 is 0.810 bits per heavy atom. The fourth-order valence-corrected chi connectivity index (χ4v) is 15.7. The zero-order chi connectivity index (χ0) is 74.5. The number of nitrogens with zero attached hydrogens (tertiary/aromatic N) is 2. The zero-order valence-electron chi connectivity index (χ0n) is 56.6. The van der Waals surface area contributed by atoms with E-state index < -0.39 is 73.3 Å². The second kappa shape index (κ2) is 49.7. The number of aromatic nitrogens is 1. The number of halogens is 7. The summed E-state index contributed by atoms with van der Waals surface area (Å²) in [5.74, 6) is -9.88. The van der Waals surface area contributed by atoms with Gasteiger partial charge in [-0.2, -0.15) is 0 Å². The normalized spacial score (nSPS) is 10.2. The van der Waals surface area contributed by atoms with Crippen LogP contribution >= 0.6 is 23.8 Å². The molecule has 0 atom stereocenters. The van der Waals surface area contributed by atoms with E-state index in [2.05, 4.69) is 313 Å². The van der Waals surface area contributed by atoms with Gasteiger partial charge in [-0.15, -0.1) is 61.6 Å². The molecule has 1 heterocycles. The van der Waals surface area contributed by atoms with Gasteiger partial charge in [0, 0.05) is 27.0 Å². The third-order valence-corrected chi connectivity index (χ3v) is 20.2. The predicted molar refractivity (Wildman–Crippen MR) is 381 cm³/mol. The van der Waals surface area contributed by atoms with E-state index in [0.717, 1.165) is 17.0 Å². The molecule has 0 aliphatic carbocycles. The van der Waals surface area contributed by atoms with E-state index in [-0.39, 0.29) is 77.1 Å². The molecule has 13 aromatic rings. The van der Waals surface area contributed by atoms with Crippen molar-refractivity contribution in [1.82, 2.24) is 4.98 Å². The Labute approximate surface area is 663 Å². The first-order valence-electron chi connectivity index (χ1n) is 30.6. The van der Waals surface area contributed by atoms with Crippen LogP contribution in [0, 0.1) is 68.3 Å². The van der Waals surface area contributed by atoms with Crippen molar-refractivity contribution in [3.05, 3.63) is 374 Å². The summed E-state index contributed by atoms with van der Waals surface area (Å²) >= 11 is 0. The van der Waals surface area contributed by atoms with Gasteiger partial charge in [-0.25, -0.2) is 57.0 Å². The summed E-state index contributed by atoms with van der Waals surface area (Å²) in [6.07, 6.45) is 1.82. The molecule has 105 heavy (non-hydrogen) atoms. The van der Waals surface area contributed by atoms with Crippen molar-refractivity contribution >= 4 is 99.0 Å². The van der Waals surface area contributed by atoms with Crippen LogP contribution in [-0.4, -0.2) is 16.3 Å². The molecule has 1 aromatic heterocycles. The van der Waals surface area contributed by atoms with Gasteiger partial charge in [0.15, 0.2) is 0 Å². The molecule has 12 aromatic carbocycles. The summed E-state index contributed by atoms with van der Waals surface area (Å²) in [5, 5.41) is 16.0. The molecular formula is C81H68Ag2Cl2F5N2O9P3Pt. The van der Waals surface area contributed by atoms with Gasteiger partial charge in [0.05, 0.1) is 29.1 Å². The van der Waals surface area contributed by atoms with E-state index in [0.29, 0.717) is 0 Å². The fraction of sp³-hybridized carbons (Fsp3) is 0.0741. The third kappa shape index (κ3) is 36.3. The maximum absolute atomic E-state index is 12.0. The van der Waals surface area contributed by atoms with E-state index in [1.54, 1.807) is 0 Å². The van der Waals surface area contributed by atoms with Crippen LogP contribution < -0.4 is 85.0 Å². The summed E-state index contributed by atoms with van der Waals surface area (Å²) < 4.78 is 128. The number of hydrogen-bond acceptors (Lipinski definition) is 10. The Hall–Kier alpha value is -7.16. The monoisotopic (exact) mass is 1880 g/mol. The molecule has 24 heteroatoms. The Morgan fingerprint density at radius 2 is 0.590 bits per heavy atom. The molecule has 0 radical (unpaired) electrons. The number of ketones is 1. The van der Waals surface area contributed by atoms with Crippen molar-refractivity contribution in [2.45, 2.75) is 40.2 Å². The van der Waals surface area contributed by atoms with Gasteiger partial charge in [0.2, 0.25) is 5.54 Å². The Balaban J connectivity index is 0.000000419. The SMILES string of the molecule is CC(C)=O.Fc1[c-]c(F)c(F)c(F)c1F.[Ag+].[Ag+].[C-]#[N+]C(C)(C)C.[O-][Cl+3]([O-])([O-])[O-].[O-][Cl+3]([O-])([O-])[O-].[Pt+2].[c-]1cccc2ccc3cccnc3c12.c1ccc(P(c2ccccc2)c2ccccc2)cc1.c1ccc(P(c2ccccc2)c2ccccc2)cc1.c1ccc(P(c2ccccc2)c2ccccc2)cc1. The van der Waals surface area contributed by atoms with Gasteiger partial charge < -0.3 is 14.6 Å². The van der Waals surface area contributed by atoms with Crippen LogP contribution in [0.3, 0.4) is 0 Å². The van der Waals surface area contributed by atoms with E-state index in [4.69, 9.17) is 43.8 Å². The van der Waals surface area contributed by atoms with Crippen LogP contribution in [0.15, 0.2) is 322 Å². The van der Waals surface area contributed by atoms with Gasteiger partial charge in [0.1, 0.15) is 5.78 Å². The molecule has 0 spiro atoms. The number of rotatable bonds is 9. The van der Waals surface area contributed by atoms with Crippen molar-refractivity contribution in [1.29, 1.82) is 0 Å². The topological polar surface area (TPSA) is 219 Å². The maximum Gasteiger partial charge on any atom is 2.00 e. The first kappa shape index (κ1) is 93.9. The van der Waals surface area contributed by atoms with Crippen LogP contribution in [0.4, 0.5) is 22.0 Å². The van der Waals surface area contributed by atoms with Gasteiger partial charge in [-0.3, -0.25) is 8.78 Å². The largest absolute Gasteiger partial charge is 2.00 e. The molecule has 0 fully saturated rings. The van der Waals surface area contributed by atoms with Gasteiger partial charge in [-0.1, -0.05) is 291 Å². The van der Waals surface area contributed by atoms with Gasteiger partial charge >= 0.3 is 65.8 Å². The molecular weight excluding hydrogens is 1810 g/mol. The Bertz CT molecular complexity index is 3920. The molecule has 0 aliphatic heterocycles. The molecule has 0 saturated carbocycles. The molecule has 0 saturated heterocycles. The van der Waals surface area contributed by atoms with Crippen LogP contribution in [0.25, 0.3) is 26.5 Å². The van der Waals surface area contributed by atoms with Crippen molar-refractivity contribution in [3.8, 4) is 0 Å². The second-order valence-electron chi connectivity index (χ2n) is 21.9. The van der Waals surface area contributed by atoms with E-state index >= 15 is 0 Å². The average Bonchev–Trinajstić information content (AvgIpc) is 0.819. The number of pyridine rings is 1. The maximum atomic E-state index is 12.0. The number of carbonyl (C=O) groups is 1. The van der Waals surface area contributed by atoms with Crippen LogP contribution in [0.2, 0.25) is 0 Å². The van der Waals surface area contributed by atoms with Crippen molar-refractivity contribution in [2.24, 2.45) is 0 Å². The molecule has 11 nitrogen and oxygen atoms in total. The first-order chi connectivity index (χ1) is 48.6. The fourth-order valence-electron chi connectivity index (χ4n) is 8.76. The van der Waals surface area contributed by atoms with E-state index in [1.165, 1.54) is 72.4 Å². The van der Waals surface area contributed by atoms with E-state index in [9.17, 15) is 26.7 Å². The third-order valence-electron chi connectivity index (χ3n) is 12.9. The molecule has 0 amide bonds. The molecule has 0 aliphatic rings. The standard InChI is InChI=1S/3C18H15P.C13H8N.C6F5.C5H9N.C3H6O.2Ag.2ClHO4.Pt/c3*1-4-10-16(11-5-1)19(17-12-6-2-7-13-17)18-14-8-3-9-15-18;1-2-6-12-10(4-1)7-8-11-5-3-9-14-13(11)12;7-2-1-3(8)5(10)6(11)4(2)9;1-5(2,3)6-4;1-3(2)4;;;2*2-1(3,4)5;/h3*1-15H;1-5,7-9H;;1-3H3;1-2H3;;;2*(H,2,3,4,5);/q;;;2*-1;;;2*+1;;;+2/p-2. The Kier molecular flexibility index (Phi) is 44.4. The van der Waals surface area contributed by atoms with Gasteiger partial charge in [0.25, 0.3) is 0 Å². The minimum Gasteiger partial charge on any atom is -0.311 e. The summed E-state index contributed by atoms with van der Waals surface area (Å²) in [6, 6.07) is 115. The zero-order valence-corrected chi connectivity index (χ0v) is 66.0. The van der Waals surface area contributed by atoms with E-state index in [1.807, 2.05) is 45.2 Å². The molecule has 0 N–H and O–H groups in total. The summed E-state index contributed by atoms with van der Waals surface area (Å²) in [6.45, 7) is 15.2. The summed E-state index contributed by atoms with van der Waals surface area (Å²) in [4.78, 5) is 17.1. The molecule has 0 unspecified atom stereocenters. The average molecular weight is 1880 g/mol. The molecule has 0 bridgehead atoms. The minimum atomic E-state index is -4.94. The van der Waals surface area contributed by atoms with Crippen molar-refractivity contribution in [2.75, 3.05) is 0 Å².